The van der Waals surface area contributed by atoms with Gasteiger partial charge in [-0.1, -0.05) is 30.0 Å². The van der Waals surface area contributed by atoms with Crippen LogP contribution in [0.25, 0.3) is 0 Å². The van der Waals surface area contributed by atoms with Crippen molar-refractivity contribution in [2.45, 2.75) is 16.0 Å². The molecule has 0 aliphatic heterocycles. The van der Waals surface area contributed by atoms with Crippen LogP contribution in [0.1, 0.15) is 5.56 Å². The largest absolute Gasteiger partial charge is 0.489 e. The molecule has 0 saturated heterocycles. The van der Waals surface area contributed by atoms with Crippen LogP contribution in [0.2, 0.25) is 0 Å². The lowest BCUT2D eigenvalue weighted by molar-refractivity contribution is -0.137. The van der Waals surface area contributed by atoms with Gasteiger partial charge in [0.25, 0.3) is 0 Å². The first-order chi connectivity index (χ1) is 9.38. The Morgan fingerprint density at radius 1 is 0.900 bits per heavy atom. The summed E-state index contributed by atoms with van der Waals surface area (Å²) in [5, 5.41) is 18.5. The summed E-state index contributed by atoms with van der Waals surface area (Å²) in [7, 11) is -1.62. The zero-order valence-corrected chi connectivity index (χ0v) is 10.9. The number of alkyl halides is 3. The predicted octanol–water partition coefficient (Wildman–Crippen LogP) is 2.54. The number of hydrogen-bond donors (Lipinski definition) is 2. The first-order valence-electron chi connectivity index (χ1n) is 5.68. The molecule has 2 aromatic rings. The van der Waals surface area contributed by atoms with Crippen LogP contribution >= 0.6 is 11.8 Å². The lowest BCUT2D eigenvalue weighted by atomic mass is 9.80. The number of halogens is 3. The molecule has 0 atom stereocenters. The molecule has 7 heteroatoms. The third-order valence-electron chi connectivity index (χ3n) is 2.61. The molecule has 104 valence electrons. The number of hydrogen-bond acceptors (Lipinski definition) is 3. The van der Waals surface area contributed by atoms with E-state index in [0.717, 1.165) is 12.1 Å². The Morgan fingerprint density at radius 3 is 2.05 bits per heavy atom. The zero-order valence-electron chi connectivity index (χ0n) is 10.1. The van der Waals surface area contributed by atoms with Gasteiger partial charge in [0.2, 0.25) is 0 Å². The standard InChI is InChI=1S/C13H10BF3O2S/c15-13(16,17)9-5-7-10(8-6-9)20-12-4-2-1-3-11(12)14(18)19/h1-8,18-19H. The van der Waals surface area contributed by atoms with Gasteiger partial charge in [0.1, 0.15) is 0 Å². The molecule has 0 aromatic heterocycles. The van der Waals surface area contributed by atoms with E-state index in [9.17, 15) is 23.2 Å². The van der Waals surface area contributed by atoms with E-state index in [1.165, 1.54) is 23.9 Å². The molecule has 2 N–H and O–H groups in total. The first kappa shape index (κ1) is 15.0. The van der Waals surface area contributed by atoms with Crippen LogP contribution in [0.4, 0.5) is 13.2 Å². The van der Waals surface area contributed by atoms with E-state index in [1.807, 2.05) is 0 Å². The van der Waals surface area contributed by atoms with Crippen molar-refractivity contribution in [2.75, 3.05) is 0 Å². The van der Waals surface area contributed by atoms with Crippen molar-refractivity contribution in [1.29, 1.82) is 0 Å². The van der Waals surface area contributed by atoms with Crippen molar-refractivity contribution in [3.63, 3.8) is 0 Å². The Balaban J connectivity index is 2.23. The molecule has 0 fully saturated rings. The van der Waals surface area contributed by atoms with Crippen LogP contribution in [0.15, 0.2) is 58.3 Å². The molecule has 2 rings (SSSR count). The number of benzene rings is 2. The monoisotopic (exact) mass is 298 g/mol. The maximum atomic E-state index is 12.4. The van der Waals surface area contributed by atoms with E-state index in [1.54, 1.807) is 24.3 Å². The van der Waals surface area contributed by atoms with Gasteiger partial charge in [-0.2, -0.15) is 13.2 Å². The highest BCUT2D eigenvalue weighted by Crippen LogP contribution is 2.32. The van der Waals surface area contributed by atoms with Gasteiger partial charge in [0.05, 0.1) is 5.56 Å². The van der Waals surface area contributed by atoms with Crippen molar-refractivity contribution >= 4 is 24.3 Å². The second-order valence-electron chi connectivity index (χ2n) is 4.04. The van der Waals surface area contributed by atoms with E-state index in [4.69, 9.17) is 0 Å². The summed E-state index contributed by atoms with van der Waals surface area (Å²) in [5.41, 5.74) is -0.394. The van der Waals surface area contributed by atoms with E-state index in [2.05, 4.69) is 0 Å². The minimum absolute atomic E-state index is 0.317. The van der Waals surface area contributed by atoms with E-state index >= 15 is 0 Å². The average molecular weight is 298 g/mol. The highest BCUT2D eigenvalue weighted by atomic mass is 32.2. The van der Waals surface area contributed by atoms with Gasteiger partial charge in [-0.3, -0.25) is 0 Å². The molecule has 0 aliphatic rings. The molecule has 0 bridgehead atoms. The molecule has 2 nitrogen and oxygen atoms in total. The van der Waals surface area contributed by atoms with Gasteiger partial charge in [-0.15, -0.1) is 0 Å². The summed E-state index contributed by atoms with van der Waals surface area (Å²) < 4.78 is 37.3. The molecule has 2 aromatic carbocycles. The molecule has 0 amide bonds. The second kappa shape index (κ2) is 5.91. The Kier molecular flexibility index (Phi) is 4.42. The van der Waals surface area contributed by atoms with Gasteiger partial charge in [0.15, 0.2) is 0 Å². The van der Waals surface area contributed by atoms with Crippen LogP contribution < -0.4 is 5.46 Å². The molecule has 0 saturated carbocycles. The Bertz CT molecular complexity index is 585. The van der Waals surface area contributed by atoms with Gasteiger partial charge in [0, 0.05) is 9.79 Å². The lowest BCUT2D eigenvalue weighted by Crippen LogP contribution is -2.31. The van der Waals surface area contributed by atoms with Gasteiger partial charge < -0.3 is 10.0 Å². The van der Waals surface area contributed by atoms with Crippen LogP contribution in [-0.4, -0.2) is 17.2 Å². The summed E-state index contributed by atoms with van der Waals surface area (Å²) in [6.45, 7) is 0. The van der Waals surface area contributed by atoms with Crippen molar-refractivity contribution in [2.24, 2.45) is 0 Å². The molecular weight excluding hydrogens is 288 g/mol. The molecule has 0 radical (unpaired) electrons. The minimum atomic E-state index is -4.36. The van der Waals surface area contributed by atoms with Gasteiger partial charge in [-0.25, -0.2) is 0 Å². The Labute approximate surface area is 118 Å². The summed E-state index contributed by atoms with van der Waals surface area (Å²) in [6.07, 6.45) is -4.36. The normalized spacial score (nSPS) is 11.4. The fourth-order valence-corrected chi connectivity index (χ4v) is 2.59. The van der Waals surface area contributed by atoms with E-state index in [-0.39, 0.29) is 0 Å². The Hall–Kier alpha value is -1.44. The molecule has 20 heavy (non-hydrogen) atoms. The van der Waals surface area contributed by atoms with Crippen molar-refractivity contribution in [3.8, 4) is 0 Å². The topological polar surface area (TPSA) is 40.5 Å². The Morgan fingerprint density at radius 2 is 1.50 bits per heavy atom. The third kappa shape index (κ3) is 3.56. The minimum Gasteiger partial charge on any atom is -0.423 e. The molecule has 0 unspecified atom stereocenters. The third-order valence-corrected chi connectivity index (χ3v) is 3.71. The smallest absolute Gasteiger partial charge is 0.423 e. The fraction of sp³-hybridized carbons (Fsp3) is 0.0769. The summed E-state index contributed by atoms with van der Waals surface area (Å²) >= 11 is 1.17. The second-order valence-corrected chi connectivity index (χ2v) is 5.15. The van der Waals surface area contributed by atoms with Gasteiger partial charge >= 0.3 is 13.3 Å². The quantitative estimate of drug-likeness (QED) is 0.856. The number of rotatable bonds is 3. The average Bonchev–Trinajstić information content (AvgIpc) is 2.38. The molecule has 0 spiro atoms. The maximum absolute atomic E-state index is 12.4. The molecule has 0 heterocycles. The summed E-state index contributed by atoms with van der Waals surface area (Å²) in [6, 6.07) is 11.3. The van der Waals surface area contributed by atoms with Crippen LogP contribution in [0.5, 0.6) is 0 Å². The lowest BCUT2D eigenvalue weighted by Gasteiger charge is -2.10. The van der Waals surface area contributed by atoms with Crippen molar-refractivity contribution in [3.05, 3.63) is 54.1 Å². The van der Waals surface area contributed by atoms with Crippen molar-refractivity contribution in [1.82, 2.24) is 0 Å². The van der Waals surface area contributed by atoms with E-state index in [0.29, 0.717) is 15.3 Å². The van der Waals surface area contributed by atoms with Crippen LogP contribution in [0, 0.1) is 0 Å². The van der Waals surface area contributed by atoms with Crippen LogP contribution in [-0.2, 0) is 6.18 Å². The zero-order chi connectivity index (χ0) is 14.8. The van der Waals surface area contributed by atoms with Gasteiger partial charge in [-0.05, 0) is 35.8 Å². The summed E-state index contributed by atoms with van der Waals surface area (Å²) in [4.78, 5) is 1.17. The first-order valence-corrected chi connectivity index (χ1v) is 6.50. The predicted molar refractivity (Wildman–Crippen MR) is 71.8 cm³/mol. The highest BCUT2D eigenvalue weighted by molar-refractivity contribution is 7.99. The van der Waals surface area contributed by atoms with Crippen LogP contribution in [0.3, 0.4) is 0 Å². The highest BCUT2D eigenvalue weighted by Gasteiger charge is 2.30. The SMILES string of the molecule is OB(O)c1ccccc1Sc1ccc(C(F)(F)F)cc1. The summed E-state index contributed by atoms with van der Waals surface area (Å²) in [5.74, 6) is 0. The molecule has 0 aliphatic carbocycles. The molecular formula is C13H10BF3O2S. The van der Waals surface area contributed by atoms with Crippen molar-refractivity contribution < 1.29 is 23.2 Å². The van der Waals surface area contributed by atoms with E-state index < -0.39 is 18.9 Å². The fourth-order valence-electron chi connectivity index (χ4n) is 1.63. The maximum Gasteiger partial charge on any atom is 0.489 e.